The number of benzene rings is 3. The Morgan fingerprint density at radius 1 is 0.630 bits per heavy atom. The molecule has 0 spiro atoms. The van der Waals surface area contributed by atoms with Crippen molar-refractivity contribution in [1.29, 1.82) is 0 Å². The minimum atomic E-state index is -0.996. The number of carbonyl (C=O) groups is 3. The van der Waals surface area contributed by atoms with Gasteiger partial charge in [-0.3, -0.25) is 0 Å². The number of rotatable bonds is 21. The van der Waals surface area contributed by atoms with Gasteiger partial charge in [-0.15, -0.1) is 0 Å². The van der Waals surface area contributed by atoms with Gasteiger partial charge in [-0.05, 0) is 61.4 Å². The molecule has 3 rings (SSSR count). The van der Waals surface area contributed by atoms with Crippen molar-refractivity contribution in [3.63, 3.8) is 0 Å². The Morgan fingerprint density at radius 3 is 1.74 bits per heavy atom. The first kappa shape index (κ1) is 36.1. The van der Waals surface area contributed by atoms with Gasteiger partial charge in [0.1, 0.15) is 19.0 Å². The van der Waals surface area contributed by atoms with Gasteiger partial charge < -0.3 is 18.9 Å². The molecule has 0 aliphatic rings. The van der Waals surface area contributed by atoms with Crippen LogP contribution < -0.4 is 4.74 Å². The largest absolute Gasteiger partial charge is 0.494 e. The van der Waals surface area contributed by atoms with Crippen LogP contribution in [0, 0.1) is 0 Å². The standard InChI is InChI=1S/C39H48O7/c1-3-4-5-6-7-8-9-10-11-18-27-43-35-25-23-32(24-26-35)28-31(2)37(40)44-29-36(46-39(42)34-21-16-13-17-22-34)30-45-38(41)33-19-14-12-15-20-33/h12-17,19-26,28,36H,3-11,18,27,29-30H2,1-2H3/b31-28+. The fourth-order valence-corrected chi connectivity index (χ4v) is 4.77. The maximum atomic E-state index is 12.8. The third-order valence-corrected chi connectivity index (χ3v) is 7.45. The first-order chi connectivity index (χ1) is 22.5. The molecule has 246 valence electrons. The Labute approximate surface area is 273 Å². The Kier molecular flexibility index (Phi) is 16.8. The van der Waals surface area contributed by atoms with Crippen molar-refractivity contribution in [2.24, 2.45) is 0 Å². The highest BCUT2D eigenvalue weighted by atomic mass is 16.6. The minimum Gasteiger partial charge on any atom is -0.494 e. The van der Waals surface area contributed by atoms with E-state index in [0.717, 1.165) is 17.7 Å². The van der Waals surface area contributed by atoms with Crippen LogP contribution in [0.5, 0.6) is 5.75 Å². The second kappa shape index (κ2) is 21.4. The summed E-state index contributed by atoms with van der Waals surface area (Å²) in [6.07, 6.45) is 13.6. The maximum Gasteiger partial charge on any atom is 0.338 e. The van der Waals surface area contributed by atoms with Crippen molar-refractivity contribution < 1.29 is 33.3 Å². The van der Waals surface area contributed by atoms with Crippen molar-refractivity contribution in [1.82, 2.24) is 0 Å². The van der Waals surface area contributed by atoms with Crippen LogP contribution in [0.3, 0.4) is 0 Å². The van der Waals surface area contributed by atoms with E-state index in [2.05, 4.69) is 6.92 Å². The Morgan fingerprint density at radius 2 is 1.15 bits per heavy atom. The quantitative estimate of drug-likeness (QED) is 0.0503. The summed E-state index contributed by atoms with van der Waals surface area (Å²) < 4.78 is 22.3. The van der Waals surface area contributed by atoms with Gasteiger partial charge in [-0.25, -0.2) is 14.4 Å². The van der Waals surface area contributed by atoms with Gasteiger partial charge in [-0.1, -0.05) is 113 Å². The zero-order valence-corrected chi connectivity index (χ0v) is 27.3. The second-order valence-corrected chi connectivity index (χ2v) is 11.4. The summed E-state index contributed by atoms with van der Waals surface area (Å²) in [7, 11) is 0. The Hall–Kier alpha value is -4.39. The molecule has 3 aromatic rings. The molecule has 0 amide bonds. The summed E-state index contributed by atoms with van der Waals surface area (Å²) >= 11 is 0. The molecule has 0 bridgehead atoms. The number of hydrogen-bond acceptors (Lipinski definition) is 7. The molecule has 0 N–H and O–H groups in total. The number of ether oxygens (including phenoxy) is 4. The maximum absolute atomic E-state index is 12.8. The molecule has 3 aromatic carbocycles. The molecule has 0 aliphatic heterocycles. The van der Waals surface area contributed by atoms with E-state index in [1.165, 1.54) is 57.8 Å². The summed E-state index contributed by atoms with van der Waals surface area (Å²) in [5.41, 5.74) is 1.89. The first-order valence-corrected chi connectivity index (χ1v) is 16.5. The molecule has 0 fully saturated rings. The summed E-state index contributed by atoms with van der Waals surface area (Å²) in [4.78, 5) is 37.9. The molecule has 0 saturated carbocycles. The van der Waals surface area contributed by atoms with Gasteiger partial charge in [0.15, 0.2) is 6.10 Å². The van der Waals surface area contributed by atoms with Gasteiger partial charge in [0.05, 0.1) is 17.7 Å². The van der Waals surface area contributed by atoms with Crippen LogP contribution in [0.4, 0.5) is 0 Å². The van der Waals surface area contributed by atoms with Crippen LogP contribution in [0.15, 0.2) is 90.5 Å². The third-order valence-electron chi connectivity index (χ3n) is 7.45. The van der Waals surface area contributed by atoms with Gasteiger partial charge in [0, 0.05) is 5.57 Å². The molecular formula is C39H48O7. The average molecular weight is 629 g/mol. The van der Waals surface area contributed by atoms with Crippen LogP contribution in [-0.2, 0) is 19.0 Å². The van der Waals surface area contributed by atoms with Gasteiger partial charge >= 0.3 is 17.9 Å². The van der Waals surface area contributed by atoms with E-state index in [-0.39, 0.29) is 13.2 Å². The van der Waals surface area contributed by atoms with Crippen molar-refractivity contribution in [2.75, 3.05) is 19.8 Å². The molecule has 1 unspecified atom stereocenters. The smallest absolute Gasteiger partial charge is 0.338 e. The lowest BCUT2D eigenvalue weighted by Crippen LogP contribution is -2.31. The van der Waals surface area contributed by atoms with E-state index >= 15 is 0 Å². The van der Waals surface area contributed by atoms with Gasteiger partial charge in [0.2, 0.25) is 0 Å². The minimum absolute atomic E-state index is 0.275. The fraction of sp³-hybridized carbons (Fsp3) is 0.410. The van der Waals surface area contributed by atoms with E-state index < -0.39 is 24.0 Å². The molecule has 1 atom stereocenters. The molecule has 0 heterocycles. The molecular weight excluding hydrogens is 580 g/mol. The first-order valence-electron chi connectivity index (χ1n) is 16.5. The summed E-state index contributed by atoms with van der Waals surface area (Å²) in [5.74, 6) is -0.960. The SMILES string of the molecule is CCCCCCCCCCCCOc1ccc(/C=C(\C)C(=O)OCC(COC(=O)c2ccccc2)OC(=O)c2ccccc2)cc1. The highest BCUT2D eigenvalue weighted by Crippen LogP contribution is 2.17. The Balaban J connectivity index is 1.43. The number of unbranched alkanes of at least 4 members (excludes halogenated alkanes) is 9. The molecule has 0 radical (unpaired) electrons. The van der Waals surface area contributed by atoms with E-state index in [4.69, 9.17) is 18.9 Å². The monoisotopic (exact) mass is 628 g/mol. The lowest BCUT2D eigenvalue weighted by Gasteiger charge is -2.18. The van der Waals surface area contributed by atoms with E-state index in [9.17, 15) is 14.4 Å². The predicted octanol–water partition coefficient (Wildman–Crippen LogP) is 9.02. The van der Waals surface area contributed by atoms with Crippen molar-refractivity contribution in [3.8, 4) is 5.75 Å². The summed E-state index contributed by atoms with van der Waals surface area (Å²) in [5, 5.41) is 0. The lowest BCUT2D eigenvalue weighted by molar-refractivity contribution is -0.142. The second-order valence-electron chi connectivity index (χ2n) is 11.4. The molecule has 0 saturated heterocycles. The summed E-state index contributed by atoms with van der Waals surface area (Å²) in [6, 6.07) is 24.5. The molecule has 7 heteroatoms. The van der Waals surface area contributed by atoms with E-state index in [1.54, 1.807) is 73.7 Å². The normalized spacial score (nSPS) is 11.8. The highest BCUT2D eigenvalue weighted by Gasteiger charge is 2.21. The predicted molar refractivity (Wildman–Crippen MR) is 181 cm³/mol. The van der Waals surface area contributed by atoms with Crippen molar-refractivity contribution >= 4 is 24.0 Å². The molecule has 7 nitrogen and oxygen atoms in total. The van der Waals surface area contributed by atoms with Crippen LogP contribution in [0.2, 0.25) is 0 Å². The lowest BCUT2D eigenvalue weighted by atomic mass is 10.1. The van der Waals surface area contributed by atoms with Gasteiger partial charge in [-0.2, -0.15) is 0 Å². The third kappa shape index (κ3) is 14.1. The van der Waals surface area contributed by atoms with E-state index in [0.29, 0.717) is 23.3 Å². The van der Waals surface area contributed by atoms with Crippen LogP contribution in [0.25, 0.3) is 6.08 Å². The summed E-state index contributed by atoms with van der Waals surface area (Å²) in [6.45, 7) is 4.03. The van der Waals surface area contributed by atoms with Crippen LogP contribution >= 0.6 is 0 Å². The van der Waals surface area contributed by atoms with E-state index in [1.807, 2.05) is 24.3 Å². The van der Waals surface area contributed by atoms with Crippen LogP contribution in [0.1, 0.15) is 104 Å². The van der Waals surface area contributed by atoms with Gasteiger partial charge in [0.25, 0.3) is 0 Å². The van der Waals surface area contributed by atoms with Crippen LogP contribution in [-0.4, -0.2) is 43.8 Å². The average Bonchev–Trinajstić information content (AvgIpc) is 3.09. The number of carbonyl (C=O) groups excluding carboxylic acids is 3. The zero-order valence-electron chi connectivity index (χ0n) is 27.3. The Bertz CT molecular complexity index is 1330. The molecule has 0 aliphatic carbocycles. The number of esters is 3. The molecule has 0 aromatic heterocycles. The fourth-order valence-electron chi connectivity index (χ4n) is 4.77. The highest BCUT2D eigenvalue weighted by molar-refractivity contribution is 5.93. The zero-order chi connectivity index (χ0) is 32.8. The topological polar surface area (TPSA) is 88.1 Å². The number of hydrogen-bond donors (Lipinski definition) is 0. The van der Waals surface area contributed by atoms with Crippen molar-refractivity contribution in [2.45, 2.75) is 84.2 Å². The van der Waals surface area contributed by atoms with Crippen molar-refractivity contribution in [3.05, 3.63) is 107 Å². The molecule has 46 heavy (non-hydrogen) atoms.